The second kappa shape index (κ2) is 7.25. The van der Waals surface area contributed by atoms with Crippen LogP contribution in [-0.2, 0) is 13.5 Å². The Bertz CT molecular complexity index is 531. The average Bonchev–Trinajstić information content (AvgIpc) is 2.84. The predicted molar refractivity (Wildman–Crippen MR) is 84.0 cm³/mol. The number of nitrogens with zero attached hydrogens (tertiary/aromatic N) is 2. The third kappa shape index (κ3) is 3.94. The number of hydrogen-bond acceptors (Lipinski definition) is 2. The molecule has 0 aliphatic carbocycles. The first-order chi connectivity index (χ1) is 9.70. The molecule has 0 amide bonds. The second-order valence-electron chi connectivity index (χ2n) is 5.40. The van der Waals surface area contributed by atoms with Gasteiger partial charge in [0.2, 0.25) is 0 Å². The quantitative estimate of drug-likeness (QED) is 0.839. The molecule has 0 spiro atoms. The summed E-state index contributed by atoms with van der Waals surface area (Å²) >= 11 is 0. The summed E-state index contributed by atoms with van der Waals surface area (Å²) in [6, 6.07) is 11.0. The smallest absolute Gasteiger partial charge is 0.0492 e. The molecule has 108 valence electrons. The molecule has 2 rings (SSSR count). The summed E-state index contributed by atoms with van der Waals surface area (Å²) in [6.45, 7) is 6.38. The van der Waals surface area contributed by atoms with Crippen molar-refractivity contribution in [2.24, 2.45) is 7.05 Å². The van der Waals surface area contributed by atoms with Gasteiger partial charge < -0.3 is 5.32 Å². The Balaban J connectivity index is 2.05. The van der Waals surface area contributed by atoms with Crippen molar-refractivity contribution in [3.63, 3.8) is 0 Å². The SMILES string of the molecule is CCNCC(CCc1ccnn1C)c1cccc(C)c1. The van der Waals surface area contributed by atoms with Crippen LogP contribution < -0.4 is 5.32 Å². The van der Waals surface area contributed by atoms with Gasteiger partial charge in [0.15, 0.2) is 0 Å². The fraction of sp³-hybridized carbons (Fsp3) is 0.471. The number of benzene rings is 1. The first-order valence-corrected chi connectivity index (χ1v) is 7.45. The molecular formula is C17H25N3. The van der Waals surface area contributed by atoms with Crippen molar-refractivity contribution in [1.29, 1.82) is 0 Å². The summed E-state index contributed by atoms with van der Waals surface area (Å²) < 4.78 is 1.97. The summed E-state index contributed by atoms with van der Waals surface area (Å²) in [5.74, 6) is 0.560. The Morgan fingerprint density at radius 2 is 2.15 bits per heavy atom. The second-order valence-corrected chi connectivity index (χ2v) is 5.40. The minimum Gasteiger partial charge on any atom is -0.316 e. The lowest BCUT2D eigenvalue weighted by Crippen LogP contribution is -2.22. The van der Waals surface area contributed by atoms with Gasteiger partial charge in [0, 0.05) is 25.5 Å². The van der Waals surface area contributed by atoms with E-state index in [2.05, 4.69) is 54.6 Å². The van der Waals surface area contributed by atoms with Crippen LogP contribution in [0.2, 0.25) is 0 Å². The van der Waals surface area contributed by atoms with Crippen molar-refractivity contribution in [3.05, 3.63) is 53.3 Å². The standard InChI is InChI=1S/C17H25N3/c1-4-18-13-16(15-7-5-6-14(2)12-15)8-9-17-10-11-19-20(17)3/h5-7,10-12,16,18H,4,8-9,13H2,1-3H3. The lowest BCUT2D eigenvalue weighted by Gasteiger charge is -2.18. The van der Waals surface area contributed by atoms with Crippen LogP contribution in [0.5, 0.6) is 0 Å². The molecule has 1 unspecified atom stereocenters. The molecule has 0 bridgehead atoms. The molecule has 1 atom stereocenters. The van der Waals surface area contributed by atoms with Crippen molar-refractivity contribution < 1.29 is 0 Å². The van der Waals surface area contributed by atoms with Gasteiger partial charge in [-0.3, -0.25) is 4.68 Å². The molecule has 3 heteroatoms. The van der Waals surface area contributed by atoms with Crippen molar-refractivity contribution in [1.82, 2.24) is 15.1 Å². The van der Waals surface area contributed by atoms with E-state index >= 15 is 0 Å². The lowest BCUT2D eigenvalue weighted by atomic mass is 9.92. The number of aryl methyl sites for hydroxylation is 3. The maximum absolute atomic E-state index is 4.24. The first kappa shape index (κ1) is 14.8. The zero-order chi connectivity index (χ0) is 14.4. The monoisotopic (exact) mass is 271 g/mol. The molecule has 0 fully saturated rings. The van der Waals surface area contributed by atoms with E-state index in [1.165, 1.54) is 16.8 Å². The van der Waals surface area contributed by atoms with E-state index in [1.807, 2.05) is 17.9 Å². The van der Waals surface area contributed by atoms with Crippen molar-refractivity contribution in [3.8, 4) is 0 Å². The zero-order valence-corrected chi connectivity index (χ0v) is 12.8. The van der Waals surface area contributed by atoms with E-state index in [4.69, 9.17) is 0 Å². The normalized spacial score (nSPS) is 12.6. The topological polar surface area (TPSA) is 29.9 Å². The number of aromatic nitrogens is 2. The highest BCUT2D eigenvalue weighted by Crippen LogP contribution is 2.22. The first-order valence-electron chi connectivity index (χ1n) is 7.45. The van der Waals surface area contributed by atoms with Crippen LogP contribution in [0.3, 0.4) is 0 Å². The maximum atomic E-state index is 4.24. The Kier molecular flexibility index (Phi) is 5.36. The largest absolute Gasteiger partial charge is 0.316 e. The van der Waals surface area contributed by atoms with Gasteiger partial charge in [-0.15, -0.1) is 0 Å². The van der Waals surface area contributed by atoms with Crippen LogP contribution >= 0.6 is 0 Å². The van der Waals surface area contributed by atoms with Gasteiger partial charge in [0.25, 0.3) is 0 Å². The Labute approximate surface area is 122 Å². The van der Waals surface area contributed by atoms with E-state index < -0.39 is 0 Å². The molecule has 20 heavy (non-hydrogen) atoms. The van der Waals surface area contributed by atoms with Gasteiger partial charge in [-0.1, -0.05) is 36.8 Å². The van der Waals surface area contributed by atoms with E-state index in [-0.39, 0.29) is 0 Å². The van der Waals surface area contributed by atoms with Crippen LogP contribution in [0.15, 0.2) is 36.5 Å². The molecule has 2 aromatic rings. The molecule has 0 saturated carbocycles. The Hall–Kier alpha value is -1.61. The van der Waals surface area contributed by atoms with Crippen molar-refractivity contribution in [2.45, 2.75) is 32.6 Å². The van der Waals surface area contributed by atoms with E-state index in [1.54, 1.807) is 0 Å². The molecule has 3 nitrogen and oxygen atoms in total. The van der Waals surface area contributed by atoms with Gasteiger partial charge in [0.1, 0.15) is 0 Å². The molecule has 1 N–H and O–H groups in total. The third-order valence-electron chi connectivity index (χ3n) is 3.83. The number of likely N-dealkylation sites (N-methyl/N-ethyl adjacent to an activating group) is 1. The van der Waals surface area contributed by atoms with E-state index in [0.717, 1.165) is 25.9 Å². The molecule has 0 aliphatic rings. The highest BCUT2D eigenvalue weighted by atomic mass is 15.2. The molecule has 1 aromatic carbocycles. The minimum atomic E-state index is 0.560. The zero-order valence-electron chi connectivity index (χ0n) is 12.8. The summed E-state index contributed by atoms with van der Waals surface area (Å²) in [4.78, 5) is 0. The van der Waals surface area contributed by atoms with Crippen LogP contribution in [-0.4, -0.2) is 22.9 Å². The van der Waals surface area contributed by atoms with Crippen molar-refractivity contribution >= 4 is 0 Å². The van der Waals surface area contributed by atoms with E-state index in [9.17, 15) is 0 Å². The van der Waals surface area contributed by atoms with Crippen LogP contribution in [0.1, 0.15) is 36.1 Å². The molecule has 0 saturated heterocycles. The Morgan fingerprint density at radius 3 is 2.80 bits per heavy atom. The Morgan fingerprint density at radius 1 is 1.30 bits per heavy atom. The molecule has 1 aromatic heterocycles. The summed E-state index contributed by atoms with van der Waals surface area (Å²) in [7, 11) is 2.02. The molecule has 0 radical (unpaired) electrons. The average molecular weight is 271 g/mol. The van der Waals surface area contributed by atoms with Crippen LogP contribution in [0.4, 0.5) is 0 Å². The minimum absolute atomic E-state index is 0.560. The highest BCUT2D eigenvalue weighted by Gasteiger charge is 2.12. The molecule has 0 aliphatic heterocycles. The predicted octanol–water partition coefficient (Wildman–Crippen LogP) is 3.05. The summed E-state index contributed by atoms with van der Waals surface area (Å²) in [6.07, 6.45) is 4.10. The van der Waals surface area contributed by atoms with Crippen LogP contribution in [0.25, 0.3) is 0 Å². The van der Waals surface area contributed by atoms with Gasteiger partial charge in [-0.25, -0.2) is 0 Å². The van der Waals surface area contributed by atoms with Crippen LogP contribution in [0, 0.1) is 6.92 Å². The number of rotatable bonds is 7. The summed E-state index contributed by atoms with van der Waals surface area (Å²) in [5.41, 5.74) is 4.08. The van der Waals surface area contributed by atoms with Gasteiger partial charge in [-0.2, -0.15) is 5.10 Å². The highest BCUT2D eigenvalue weighted by molar-refractivity contribution is 5.26. The fourth-order valence-electron chi connectivity index (χ4n) is 2.60. The van der Waals surface area contributed by atoms with Gasteiger partial charge in [-0.05, 0) is 43.9 Å². The van der Waals surface area contributed by atoms with Gasteiger partial charge in [0.05, 0.1) is 0 Å². The van der Waals surface area contributed by atoms with Crippen molar-refractivity contribution in [2.75, 3.05) is 13.1 Å². The summed E-state index contributed by atoms with van der Waals surface area (Å²) in [5, 5.41) is 7.73. The lowest BCUT2D eigenvalue weighted by molar-refractivity contribution is 0.549. The van der Waals surface area contributed by atoms with Gasteiger partial charge >= 0.3 is 0 Å². The number of hydrogen-bond donors (Lipinski definition) is 1. The third-order valence-corrected chi connectivity index (χ3v) is 3.83. The maximum Gasteiger partial charge on any atom is 0.0492 e. The molecule has 1 heterocycles. The van der Waals surface area contributed by atoms with E-state index in [0.29, 0.717) is 5.92 Å². The number of nitrogens with one attached hydrogen (secondary N) is 1. The molecular weight excluding hydrogens is 246 g/mol. The fourth-order valence-corrected chi connectivity index (χ4v) is 2.60.